The summed E-state index contributed by atoms with van der Waals surface area (Å²) in [4.78, 5) is 26.8. The van der Waals surface area contributed by atoms with Crippen LogP contribution in [-0.4, -0.2) is 64.6 Å². The lowest BCUT2D eigenvalue weighted by Crippen LogP contribution is -2.29. The van der Waals surface area contributed by atoms with E-state index in [0.29, 0.717) is 23.6 Å². The van der Waals surface area contributed by atoms with Crippen molar-refractivity contribution in [2.45, 2.75) is 39.3 Å². The Balaban J connectivity index is 1.54. The fraction of sp³-hybridized carbons (Fsp3) is 0.375. The van der Waals surface area contributed by atoms with Crippen molar-refractivity contribution in [2.75, 3.05) is 13.1 Å². The Morgan fingerprint density at radius 1 is 1.21 bits per heavy atom. The number of aromatic nitrogens is 6. The average Bonchev–Trinajstić information content (AvgIpc) is 3.50. The number of carboxylic acid groups (broad SMARTS) is 1. The van der Waals surface area contributed by atoms with E-state index < -0.39 is 12.2 Å². The van der Waals surface area contributed by atoms with Crippen LogP contribution in [0.25, 0.3) is 22.6 Å². The Morgan fingerprint density at radius 3 is 2.71 bits per heavy atom. The van der Waals surface area contributed by atoms with E-state index in [9.17, 15) is 9.90 Å². The van der Waals surface area contributed by atoms with E-state index in [1.54, 1.807) is 0 Å². The molecule has 1 aromatic carbocycles. The Bertz CT molecular complexity index is 1380. The summed E-state index contributed by atoms with van der Waals surface area (Å²) in [5.41, 5.74) is 5.30. The van der Waals surface area contributed by atoms with Crippen molar-refractivity contribution >= 4 is 17.3 Å². The number of carbonyl (C=O) groups is 1. The van der Waals surface area contributed by atoms with Crippen molar-refractivity contribution in [3.05, 3.63) is 53.6 Å². The molecule has 4 aromatic rings. The van der Waals surface area contributed by atoms with Gasteiger partial charge in [-0.3, -0.25) is 4.68 Å². The third-order valence-electron chi connectivity index (χ3n) is 6.65. The fourth-order valence-corrected chi connectivity index (χ4v) is 4.78. The van der Waals surface area contributed by atoms with Crippen molar-refractivity contribution in [1.29, 1.82) is 0 Å². The van der Waals surface area contributed by atoms with E-state index in [-0.39, 0.29) is 12.5 Å². The third kappa shape index (κ3) is 3.55. The van der Waals surface area contributed by atoms with Crippen LogP contribution in [0.5, 0.6) is 5.88 Å². The molecule has 1 N–H and O–H groups in total. The lowest BCUT2D eigenvalue weighted by atomic mass is 9.92. The van der Waals surface area contributed by atoms with Crippen LogP contribution in [0.4, 0.5) is 4.79 Å². The molecular weight excluding hydrogens is 434 g/mol. The van der Waals surface area contributed by atoms with Crippen molar-refractivity contribution in [1.82, 2.24) is 34.2 Å². The molecule has 1 amide bonds. The molecule has 0 saturated carbocycles. The van der Waals surface area contributed by atoms with Gasteiger partial charge in [-0.15, -0.1) is 0 Å². The zero-order valence-corrected chi connectivity index (χ0v) is 19.6. The number of amides is 1. The van der Waals surface area contributed by atoms with E-state index in [2.05, 4.69) is 15.1 Å². The summed E-state index contributed by atoms with van der Waals surface area (Å²) in [5, 5.41) is 14.1. The van der Waals surface area contributed by atoms with Gasteiger partial charge in [0.05, 0.1) is 18.3 Å². The first-order chi connectivity index (χ1) is 16.4. The molecule has 2 unspecified atom stereocenters. The highest BCUT2D eigenvalue weighted by atomic mass is 16.5. The largest absolute Gasteiger partial charge is 0.470 e. The van der Waals surface area contributed by atoms with Gasteiger partial charge in [0.2, 0.25) is 5.88 Å². The van der Waals surface area contributed by atoms with Crippen LogP contribution in [0.15, 0.2) is 36.8 Å². The van der Waals surface area contributed by atoms with Crippen molar-refractivity contribution in [3.63, 3.8) is 0 Å². The maximum absolute atomic E-state index is 11.8. The van der Waals surface area contributed by atoms with Crippen LogP contribution in [0, 0.1) is 13.8 Å². The minimum absolute atomic E-state index is 0.115. The van der Waals surface area contributed by atoms with Crippen LogP contribution in [0.3, 0.4) is 0 Å². The average molecular weight is 462 g/mol. The summed E-state index contributed by atoms with van der Waals surface area (Å²) in [5.74, 6) is 0.963. The number of rotatable bonds is 5. The highest BCUT2D eigenvalue weighted by Crippen LogP contribution is 2.35. The number of hydrogen-bond acceptors (Lipinski definition) is 6. The zero-order valence-electron chi connectivity index (χ0n) is 19.6. The Morgan fingerprint density at radius 2 is 2.00 bits per heavy atom. The monoisotopic (exact) mass is 461 g/mol. The second-order valence-corrected chi connectivity index (χ2v) is 8.61. The minimum atomic E-state index is -0.957. The summed E-state index contributed by atoms with van der Waals surface area (Å²) in [6.45, 7) is 7.47. The first-order valence-corrected chi connectivity index (χ1v) is 11.3. The second kappa shape index (κ2) is 8.44. The summed E-state index contributed by atoms with van der Waals surface area (Å²) < 4.78 is 10.2. The molecule has 5 rings (SSSR count). The topological polar surface area (TPSA) is 111 Å². The third-order valence-corrected chi connectivity index (χ3v) is 6.65. The van der Waals surface area contributed by atoms with Gasteiger partial charge in [-0.2, -0.15) is 10.1 Å². The van der Waals surface area contributed by atoms with Crippen LogP contribution in [0.2, 0.25) is 0 Å². The molecule has 0 bridgehead atoms. The van der Waals surface area contributed by atoms with Crippen molar-refractivity contribution in [2.24, 2.45) is 7.05 Å². The predicted molar refractivity (Wildman–Crippen MR) is 126 cm³/mol. The summed E-state index contributed by atoms with van der Waals surface area (Å²) in [7, 11) is 1.90. The van der Waals surface area contributed by atoms with Gasteiger partial charge in [-0.25, -0.2) is 14.8 Å². The molecule has 34 heavy (non-hydrogen) atoms. The molecule has 1 aliphatic heterocycles. The number of likely N-dealkylation sites (tertiary alicyclic amines) is 1. The Labute approximate surface area is 196 Å². The molecule has 4 heterocycles. The summed E-state index contributed by atoms with van der Waals surface area (Å²) in [6.07, 6.45) is 1.91. The van der Waals surface area contributed by atoms with E-state index >= 15 is 0 Å². The summed E-state index contributed by atoms with van der Waals surface area (Å²) in [6, 6.07) is 8.01. The number of nitrogens with zero attached hydrogens (tertiary/aromatic N) is 7. The van der Waals surface area contributed by atoms with Crippen molar-refractivity contribution < 1.29 is 14.6 Å². The van der Waals surface area contributed by atoms with Gasteiger partial charge < -0.3 is 19.3 Å². The van der Waals surface area contributed by atoms with Crippen LogP contribution >= 0.6 is 0 Å². The van der Waals surface area contributed by atoms with Gasteiger partial charge >= 0.3 is 6.09 Å². The highest BCUT2D eigenvalue weighted by Gasteiger charge is 2.39. The van der Waals surface area contributed by atoms with Gasteiger partial charge in [-0.1, -0.05) is 24.3 Å². The van der Waals surface area contributed by atoms with E-state index in [1.165, 1.54) is 11.2 Å². The maximum atomic E-state index is 11.8. The van der Waals surface area contributed by atoms with Gasteiger partial charge in [0.15, 0.2) is 11.2 Å². The lowest BCUT2D eigenvalue weighted by Gasteiger charge is -2.21. The van der Waals surface area contributed by atoms with Crippen LogP contribution in [0.1, 0.15) is 29.7 Å². The molecule has 1 fully saturated rings. The number of ether oxygens (including phenoxy) is 1. The Hall–Kier alpha value is -3.95. The molecule has 1 aliphatic rings. The quantitative estimate of drug-likeness (QED) is 0.485. The van der Waals surface area contributed by atoms with Gasteiger partial charge in [-0.05, 0) is 31.9 Å². The molecule has 176 valence electrons. The molecule has 3 aromatic heterocycles. The minimum Gasteiger partial charge on any atom is -0.470 e. The standard InChI is InChI=1S/C24H27N7O3/c1-5-31-15(3)17(10-27-31)21-28-20-22(29(21)4)25-13-26-23(20)34-19-12-30(24(32)33)11-18(19)16-9-7-6-8-14(16)2/h6-10,13,18-19H,5,11-12H2,1-4H3,(H,32,33). The van der Waals surface area contributed by atoms with Crippen molar-refractivity contribution in [3.8, 4) is 17.3 Å². The van der Waals surface area contributed by atoms with Gasteiger partial charge in [0, 0.05) is 31.7 Å². The molecule has 0 radical (unpaired) electrons. The Kier molecular flexibility index (Phi) is 5.43. The smallest absolute Gasteiger partial charge is 0.407 e. The molecule has 1 saturated heterocycles. The molecular formula is C24H27N7O3. The number of hydrogen-bond donors (Lipinski definition) is 1. The van der Waals surface area contributed by atoms with Crippen LogP contribution in [-0.2, 0) is 13.6 Å². The maximum Gasteiger partial charge on any atom is 0.407 e. The molecule has 2 atom stereocenters. The highest BCUT2D eigenvalue weighted by molar-refractivity contribution is 5.81. The number of aryl methyl sites for hydroxylation is 3. The van der Waals surface area contributed by atoms with Gasteiger partial charge in [0.1, 0.15) is 18.3 Å². The molecule has 10 nitrogen and oxygen atoms in total. The first-order valence-electron chi connectivity index (χ1n) is 11.3. The molecule has 0 aliphatic carbocycles. The number of imidazole rings is 1. The molecule has 0 spiro atoms. The second-order valence-electron chi connectivity index (χ2n) is 8.61. The lowest BCUT2D eigenvalue weighted by molar-refractivity contribution is 0.144. The fourth-order valence-electron chi connectivity index (χ4n) is 4.78. The number of fused-ring (bicyclic) bond motifs is 1. The number of benzene rings is 1. The SMILES string of the molecule is CCn1ncc(-c2nc3c(OC4CN(C(=O)O)CC4c4ccccc4C)ncnc3n2C)c1C. The van der Waals surface area contributed by atoms with Gasteiger partial charge in [0.25, 0.3) is 0 Å². The predicted octanol–water partition coefficient (Wildman–Crippen LogP) is 3.39. The zero-order chi connectivity index (χ0) is 24.0. The van der Waals surface area contributed by atoms with E-state index in [0.717, 1.165) is 34.8 Å². The van der Waals surface area contributed by atoms with Crippen LogP contribution < -0.4 is 4.74 Å². The van der Waals surface area contributed by atoms with E-state index in [4.69, 9.17) is 9.72 Å². The summed E-state index contributed by atoms with van der Waals surface area (Å²) >= 11 is 0. The normalized spacial score (nSPS) is 18.1. The first kappa shape index (κ1) is 21.9. The van der Waals surface area contributed by atoms with E-state index in [1.807, 2.05) is 67.5 Å². The molecule has 10 heteroatoms.